The molecule has 15 heavy (non-hydrogen) atoms. The molecule has 2 nitrogen and oxygen atoms in total. The molecule has 1 aliphatic rings. The second kappa shape index (κ2) is 3.69. The van der Waals surface area contributed by atoms with E-state index in [-0.39, 0.29) is 5.54 Å². The van der Waals surface area contributed by atoms with E-state index in [9.17, 15) is 4.79 Å². The summed E-state index contributed by atoms with van der Waals surface area (Å²) in [6.07, 6.45) is 3.35. The zero-order chi connectivity index (χ0) is 10.9. The van der Waals surface area contributed by atoms with Crippen LogP contribution in [-0.2, 0) is 0 Å². The molecule has 0 aliphatic carbocycles. The third-order valence-corrected chi connectivity index (χ3v) is 3.26. The monoisotopic (exact) mass is 203 g/mol. The number of carbonyl (C=O) groups is 1. The molecule has 1 aromatic rings. The Kier molecular flexibility index (Phi) is 2.51. The predicted octanol–water partition coefficient (Wildman–Crippen LogP) is 2.88. The van der Waals surface area contributed by atoms with Crippen LogP contribution in [0.25, 0.3) is 0 Å². The van der Waals surface area contributed by atoms with Gasteiger partial charge < -0.3 is 4.90 Å². The fourth-order valence-electron chi connectivity index (χ4n) is 2.39. The third-order valence-electron chi connectivity index (χ3n) is 3.26. The number of para-hydroxylation sites is 1. The van der Waals surface area contributed by atoms with Crippen LogP contribution in [0, 0.1) is 0 Å². The number of rotatable bonds is 2. The summed E-state index contributed by atoms with van der Waals surface area (Å²) < 4.78 is 0. The SMILES string of the molecule is CC1(C)CCCN1c1ccccc1C=O. The van der Waals surface area contributed by atoms with E-state index in [4.69, 9.17) is 0 Å². The van der Waals surface area contributed by atoms with Gasteiger partial charge in [-0.1, -0.05) is 12.1 Å². The van der Waals surface area contributed by atoms with Crippen molar-refractivity contribution in [2.75, 3.05) is 11.4 Å². The summed E-state index contributed by atoms with van der Waals surface area (Å²) in [4.78, 5) is 13.3. The lowest BCUT2D eigenvalue weighted by Gasteiger charge is -2.34. The van der Waals surface area contributed by atoms with Gasteiger partial charge in [0.25, 0.3) is 0 Å². The maximum absolute atomic E-state index is 11.0. The minimum absolute atomic E-state index is 0.180. The van der Waals surface area contributed by atoms with E-state index in [1.54, 1.807) is 0 Å². The standard InChI is InChI=1S/C13H17NO/c1-13(2)8-5-9-14(13)12-7-4-3-6-11(12)10-15/h3-4,6-7,10H,5,8-9H2,1-2H3. The zero-order valence-corrected chi connectivity index (χ0v) is 9.36. The summed E-state index contributed by atoms with van der Waals surface area (Å²) in [6, 6.07) is 7.83. The van der Waals surface area contributed by atoms with Gasteiger partial charge in [0.05, 0.1) is 0 Å². The van der Waals surface area contributed by atoms with Crippen LogP contribution in [0.2, 0.25) is 0 Å². The van der Waals surface area contributed by atoms with Crippen molar-refractivity contribution in [2.24, 2.45) is 0 Å². The summed E-state index contributed by atoms with van der Waals surface area (Å²) in [5.41, 5.74) is 2.06. The van der Waals surface area contributed by atoms with Crippen molar-refractivity contribution >= 4 is 12.0 Å². The number of hydrogen-bond acceptors (Lipinski definition) is 2. The highest BCUT2D eigenvalue weighted by atomic mass is 16.1. The topological polar surface area (TPSA) is 20.3 Å². The van der Waals surface area contributed by atoms with Crippen molar-refractivity contribution in [3.05, 3.63) is 29.8 Å². The number of nitrogens with zero attached hydrogens (tertiary/aromatic N) is 1. The molecule has 2 rings (SSSR count). The van der Waals surface area contributed by atoms with Crippen molar-refractivity contribution in [1.82, 2.24) is 0 Å². The van der Waals surface area contributed by atoms with Crippen LogP contribution in [0.15, 0.2) is 24.3 Å². The summed E-state index contributed by atoms with van der Waals surface area (Å²) in [5.74, 6) is 0. The molecule has 0 saturated carbocycles. The van der Waals surface area contributed by atoms with Gasteiger partial charge in [0.15, 0.2) is 6.29 Å². The Morgan fingerprint density at radius 3 is 2.67 bits per heavy atom. The Morgan fingerprint density at radius 2 is 2.07 bits per heavy atom. The lowest BCUT2D eigenvalue weighted by Crippen LogP contribution is -2.38. The van der Waals surface area contributed by atoms with Crippen LogP contribution < -0.4 is 4.90 Å². The van der Waals surface area contributed by atoms with E-state index in [0.717, 1.165) is 24.1 Å². The van der Waals surface area contributed by atoms with Crippen molar-refractivity contribution in [1.29, 1.82) is 0 Å². The van der Waals surface area contributed by atoms with Gasteiger partial charge in [-0.05, 0) is 38.8 Å². The van der Waals surface area contributed by atoms with Crippen LogP contribution in [0.4, 0.5) is 5.69 Å². The lowest BCUT2D eigenvalue weighted by atomic mass is 10.0. The summed E-state index contributed by atoms with van der Waals surface area (Å²) in [6.45, 7) is 5.53. The molecule has 1 aromatic carbocycles. The first-order chi connectivity index (χ1) is 7.15. The first kappa shape index (κ1) is 10.2. The van der Waals surface area contributed by atoms with Crippen molar-refractivity contribution in [2.45, 2.75) is 32.2 Å². The Hall–Kier alpha value is -1.31. The molecular weight excluding hydrogens is 186 g/mol. The second-order valence-corrected chi connectivity index (χ2v) is 4.74. The molecule has 2 heteroatoms. The molecule has 1 saturated heterocycles. The molecule has 1 heterocycles. The number of aldehydes is 1. The van der Waals surface area contributed by atoms with Crippen LogP contribution in [0.5, 0.6) is 0 Å². The van der Waals surface area contributed by atoms with Crippen LogP contribution in [0.3, 0.4) is 0 Å². The van der Waals surface area contributed by atoms with Gasteiger partial charge in [0.2, 0.25) is 0 Å². The second-order valence-electron chi connectivity index (χ2n) is 4.74. The predicted molar refractivity (Wildman–Crippen MR) is 62.5 cm³/mol. The average Bonchev–Trinajstić information content (AvgIpc) is 2.58. The molecule has 0 N–H and O–H groups in total. The van der Waals surface area contributed by atoms with E-state index < -0.39 is 0 Å². The van der Waals surface area contributed by atoms with Crippen LogP contribution in [-0.4, -0.2) is 18.4 Å². The van der Waals surface area contributed by atoms with Gasteiger partial charge in [0, 0.05) is 23.3 Å². The van der Waals surface area contributed by atoms with Crippen LogP contribution in [0.1, 0.15) is 37.0 Å². The number of anilines is 1. The highest BCUT2D eigenvalue weighted by Crippen LogP contribution is 2.34. The minimum atomic E-state index is 0.180. The Bertz CT molecular complexity index is 371. The molecule has 0 aromatic heterocycles. The molecule has 80 valence electrons. The average molecular weight is 203 g/mol. The molecule has 0 atom stereocenters. The van der Waals surface area contributed by atoms with Gasteiger partial charge in [-0.2, -0.15) is 0 Å². The Balaban J connectivity index is 2.40. The number of hydrogen-bond donors (Lipinski definition) is 0. The fraction of sp³-hybridized carbons (Fsp3) is 0.462. The van der Waals surface area contributed by atoms with E-state index in [2.05, 4.69) is 18.7 Å². The Morgan fingerprint density at radius 1 is 1.33 bits per heavy atom. The summed E-state index contributed by atoms with van der Waals surface area (Å²) in [7, 11) is 0. The molecule has 0 spiro atoms. The summed E-state index contributed by atoms with van der Waals surface area (Å²) in [5, 5.41) is 0. The smallest absolute Gasteiger partial charge is 0.152 e. The van der Waals surface area contributed by atoms with Gasteiger partial charge in [-0.3, -0.25) is 4.79 Å². The fourth-order valence-corrected chi connectivity index (χ4v) is 2.39. The zero-order valence-electron chi connectivity index (χ0n) is 9.36. The summed E-state index contributed by atoms with van der Waals surface area (Å²) >= 11 is 0. The molecule has 0 bridgehead atoms. The molecule has 0 unspecified atom stereocenters. The van der Waals surface area contributed by atoms with Crippen LogP contribution >= 0.6 is 0 Å². The van der Waals surface area contributed by atoms with E-state index in [0.29, 0.717) is 0 Å². The molecular formula is C13H17NO. The van der Waals surface area contributed by atoms with Gasteiger partial charge in [0.1, 0.15) is 0 Å². The first-order valence-electron chi connectivity index (χ1n) is 5.47. The lowest BCUT2D eigenvalue weighted by molar-refractivity contribution is 0.112. The Labute approximate surface area is 90.9 Å². The van der Waals surface area contributed by atoms with E-state index >= 15 is 0 Å². The molecule has 1 aliphatic heterocycles. The molecule has 0 amide bonds. The normalized spacial score (nSPS) is 19.2. The first-order valence-corrected chi connectivity index (χ1v) is 5.47. The molecule has 1 fully saturated rings. The maximum atomic E-state index is 11.0. The number of benzene rings is 1. The van der Waals surface area contributed by atoms with Crippen molar-refractivity contribution in [3.8, 4) is 0 Å². The highest BCUT2D eigenvalue weighted by molar-refractivity contribution is 5.85. The minimum Gasteiger partial charge on any atom is -0.366 e. The van der Waals surface area contributed by atoms with Gasteiger partial charge in [-0.15, -0.1) is 0 Å². The van der Waals surface area contributed by atoms with Crippen molar-refractivity contribution in [3.63, 3.8) is 0 Å². The third kappa shape index (κ3) is 1.76. The van der Waals surface area contributed by atoms with Gasteiger partial charge in [-0.25, -0.2) is 0 Å². The van der Waals surface area contributed by atoms with Gasteiger partial charge >= 0.3 is 0 Å². The maximum Gasteiger partial charge on any atom is 0.152 e. The number of carbonyl (C=O) groups excluding carboxylic acids is 1. The largest absolute Gasteiger partial charge is 0.366 e. The molecule has 0 radical (unpaired) electrons. The quantitative estimate of drug-likeness (QED) is 0.689. The highest BCUT2D eigenvalue weighted by Gasteiger charge is 2.32. The van der Waals surface area contributed by atoms with E-state index in [1.165, 1.54) is 12.8 Å². The van der Waals surface area contributed by atoms with E-state index in [1.807, 2.05) is 24.3 Å². The van der Waals surface area contributed by atoms with Crippen molar-refractivity contribution < 1.29 is 4.79 Å².